The first-order chi connectivity index (χ1) is 8.22. The van der Waals surface area contributed by atoms with Crippen LogP contribution in [-0.4, -0.2) is 4.75 Å². The number of benzene rings is 1. The zero-order valence-corrected chi connectivity index (χ0v) is 12.4. The molecule has 0 heterocycles. The molecule has 18 heavy (non-hydrogen) atoms. The number of hydrogen-bond donors (Lipinski definition) is 1. The molecule has 0 fully saturated rings. The quantitative estimate of drug-likeness (QED) is 0.772. The summed E-state index contributed by atoms with van der Waals surface area (Å²) >= 11 is 1.62. The molecule has 1 aromatic rings. The Balaban J connectivity index is 2.86. The molecule has 1 atom stereocenters. The molecule has 1 nitrogen and oxygen atoms in total. The van der Waals surface area contributed by atoms with Gasteiger partial charge in [-0.15, -0.1) is 0 Å². The van der Waals surface area contributed by atoms with Crippen molar-refractivity contribution in [3.63, 3.8) is 0 Å². The largest absolute Gasteiger partial charge is 0.264 e. The standard InChI is InChI=1S/C14H21F2NS/c1-9-11(7-6-8-12(9)13(15)16)10(2)17-18-14(3,4)5/h6-8,10,13,17H,1-5H3/t10-/m1/s1. The van der Waals surface area contributed by atoms with Crippen molar-refractivity contribution in [3.05, 3.63) is 34.9 Å². The van der Waals surface area contributed by atoms with E-state index in [-0.39, 0.29) is 16.4 Å². The smallest absolute Gasteiger partial charge is 0.256 e. The summed E-state index contributed by atoms with van der Waals surface area (Å²) in [4.78, 5) is 0. The Kier molecular flexibility index (Phi) is 5.17. The molecule has 0 radical (unpaired) electrons. The zero-order chi connectivity index (χ0) is 13.9. The first-order valence-corrected chi connectivity index (χ1v) is 6.85. The molecule has 0 unspecified atom stereocenters. The van der Waals surface area contributed by atoms with Gasteiger partial charge < -0.3 is 0 Å². The maximum atomic E-state index is 12.8. The van der Waals surface area contributed by atoms with Crippen molar-refractivity contribution in [2.75, 3.05) is 0 Å². The summed E-state index contributed by atoms with van der Waals surface area (Å²) in [6, 6.07) is 5.15. The molecule has 1 N–H and O–H groups in total. The van der Waals surface area contributed by atoms with Gasteiger partial charge in [-0.3, -0.25) is 4.72 Å². The van der Waals surface area contributed by atoms with E-state index in [1.54, 1.807) is 24.9 Å². The highest BCUT2D eigenvalue weighted by atomic mass is 32.2. The minimum atomic E-state index is -2.41. The summed E-state index contributed by atoms with van der Waals surface area (Å²) in [5.41, 5.74) is 1.74. The van der Waals surface area contributed by atoms with Gasteiger partial charge >= 0.3 is 0 Å². The lowest BCUT2D eigenvalue weighted by atomic mass is 9.98. The summed E-state index contributed by atoms with van der Waals surface area (Å²) in [6.07, 6.45) is -2.41. The Morgan fingerprint density at radius 3 is 2.22 bits per heavy atom. The molecule has 0 aliphatic carbocycles. The Morgan fingerprint density at radius 2 is 1.72 bits per heavy atom. The number of halogens is 2. The molecular formula is C14H21F2NS. The molecule has 1 rings (SSSR count). The highest BCUT2D eigenvalue weighted by Gasteiger charge is 2.18. The highest BCUT2D eigenvalue weighted by molar-refractivity contribution is 7.98. The monoisotopic (exact) mass is 273 g/mol. The first-order valence-electron chi connectivity index (χ1n) is 6.03. The summed E-state index contributed by atoms with van der Waals surface area (Å²) in [5, 5.41) is 0. The van der Waals surface area contributed by atoms with E-state index in [1.165, 1.54) is 6.07 Å². The maximum absolute atomic E-state index is 12.8. The molecule has 0 aliphatic heterocycles. The van der Waals surface area contributed by atoms with Crippen molar-refractivity contribution in [2.45, 2.75) is 51.8 Å². The lowest BCUT2D eigenvalue weighted by molar-refractivity contribution is 0.150. The molecule has 0 saturated carbocycles. The van der Waals surface area contributed by atoms with Crippen LogP contribution in [0.2, 0.25) is 0 Å². The molecule has 0 aliphatic rings. The number of rotatable bonds is 4. The van der Waals surface area contributed by atoms with Crippen LogP contribution in [0.15, 0.2) is 18.2 Å². The van der Waals surface area contributed by atoms with Crippen molar-refractivity contribution in [3.8, 4) is 0 Å². The SMILES string of the molecule is Cc1c(C(F)F)cccc1[C@@H](C)NSC(C)(C)C. The summed E-state index contributed by atoms with van der Waals surface area (Å²) in [6.45, 7) is 10.1. The highest BCUT2D eigenvalue weighted by Crippen LogP contribution is 2.30. The van der Waals surface area contributed by atoms with Crippen LogP contribution in [0.3, 0.4) is 0 Å². The molecule has 0 spiro atoms. The number of hydrogen-bond acceptors (Lipinski definition) is 2. The van der Waals surface area contributed by atoms with Gasteiger partial charge in [0.15, 0.2) is 0 Å². The van der Waals surface area contributed by atoms with Gasteiger partial charge in [0.25, 0.3) is 6.43 Å². The summed E-state index contributed by atoms with van der Waals surface area (Å²) in [5.74, 6) is 0. The van der Waals surface area contributed by atoms with Gasteiger partial charge in [0.05, 0.1) is 0 Å². The average molecular weight is 273 g/mol. The average Bonchev–Trinajstić information content (AvgIpc) is 2.24. The first kappa shape index (κ1) is 15.4. The van der Waals surface area contributed by atoms with Gasteiger partial charge in [-0.1, -0.05) is 30.1 Å². The molecule has 0 bridgehead atoms. The normalized spacial score (nSPS) is 14.0. The third kappa shape index (κ3) is 4.25. The van der Waals surface area contributed by atoms with Crippen LogP contribution in [0, 0.1) is 6.92 Å². The summed E-state index contributed by atoms with van der Waals surface area (Å²) < 4.78 is 29.1. The molecule has 1 aromatic carbocycles. The van der Waals surface area contributed by atoms with E-state index < -0.39 is 6.43 Å². The lowest BCUT2D eigenvalue weighted by Crippen LogP contribution is -2.20. The minimum Gasteiger partial charge on any atom is -0.256 e. The molecule has 4 heteroatoms. The fourth-order valence-corrected chi connectivity index (χ4v) is 2.36. The van der Waals surface area contributed by atoms with Gasteiger partial charge in [0.1, 0.15) is 0 Å². The second kappa shape index (κ2) is 6.02. The number of nitrogens with one attached hydrogen (secondary N) is 1. The van der Waals surface area contributed by atoms with E-state index in [1.807, 2.05) is 13.0 Å². The van der Waals surface area contributed by atoms with Crippen LogP contribution < -0.4 is 4.72 Å². The maximum Gasteiger partial charge on any atom is 0.264 e. The fourth-order valence-electron chi connectivity index (χ4n) is 1.71. The van der Waals surface area contributed by atoms with E-state index in [9.17, 15) is 8.78 Å². The fraction of sp³-hybridized carbons (Fsp3) is 0.571. The number of alkyl halides is 2. The zero-order valence-electron chi connectivity index (χ0n) is 11.6. The summed E-state index contributed by atoms with van der Waals surface area (Å²) in [7, 11) is 0. The van der Waals surface area contributed by atoms with E-state index in [0.717, 1.165) is 5.56 Å². The van der Waals surface area contributed by atoms with Crippen LogP contribution in [0.5, 0.6) is 0 Å². The van der Waals surface area contributed by atoms with E-state index in [2.05, 4.69) is 25.5 Å². The van der Waals surface area contributed by atoms with E-state index >= 15 is 0 Å². The van der Waals surface area contributed by atoms with Crippen LogP contribution in [0.25, 0.3) is 0 Å². The predicted molar refractivity (Wildman–Crippen MR) is 75.0 cm³/mol. The Labute approximate surface area is 112 Å². The molecular weight excluding hydrogens is 252 g/mol. The second-order valence-electron chi connectivity index (χ2n) is 5.42. The van der Waals surface area contributed by atoms with Gasteiger partial charge in [-0.05, 0) is 45.7 Å². The molecule has 102 valence electrons. The molecule has 0 aromatic heterocycles. The van der Waals surface area contributed by atoms with Gasteiger partial charge in [-0.25, -0.2) is 8.78 Å². The topological polar surface area (TPSA) is 12.0 Å². The van der Waals surface area contributed by atoms with Crippen LogP contribution in [-0.2, 0) is 0 Å². The van der Waals surface area contributed by atoms with E-state index in [0.29, 0.717) is 5.56 Å². The Bertz CT molecular complexity index is 399. The molecule has 0 amide bonds. The van der Waals surface area contributed by atoms with Crippen molar-refractivity contribution in [1.82, 2.24) is 4.72 Å². The third-order valence-electron chi connectivity index (χ3n) is 2.66. The molecule has 0 saturated heterocycles. The van der Waals surface area contributed by atoms with Gasteiger partial charge in [0, 0.05) is 16.4 Å². The Hall–Kier alpha value is -0.610. The lowest BCUT2D eigenvalue weighted by Gasteiger charge is -2.23. The van der Waals surface area contributed by atoms with E-state index in [4.69, 9.17) is 0 Å². The predicted octanol–water partition coefficient (Wildman–Crippen LogP) is 5.03. The van der Waals surface area contributed by atoms with Crippen molar-refractivity contribution < 1.29 is 8.78 Å². The second-order valence-corrected chi connectivity index (χ2v) is 7.08. The van der Waals surface area contributed by atoms with Gasteiger partial charge in [-0.2, -0.15) is 0 Å². The third-order valence-corrected chi connectivity index (χ3v) is 3.74. The Morgan fingerprint density at radius 1 is 1.17 bits per heavy atom. The minimum absolute atomic E-state index is 0.0490. The van der Waals surface area contributed by atoms with Crippen LogP contribution in [0.1, 0.15) is 56.9 Å². The van der Waals surface area contributed by atoms with Crippen LogP contribution in [0.4, 0.5) is 8.78 Å². The van der Waals surface area contributed by atoms with Crippen molar-refractivity contribution in [1.29, 1.82) is 0 Å². The van der Waals surface area contributed by atoms with Crippen molar-refractivity contribution in [2.24, 2.45) is 0 Å². The van der Waals surface area contributed by atoms with Gasteiger partial charge in [0.2, 0.25) is 0 Å². The van der Waals surface area contributed by atoms with Crippen molar-refractivity contribution >= 4 is 11.9 Å². The van der Waals surface area contributed by atoms with Crippen LogP contribution >= 0.6 is 11.9 Å².